The van der Waals surface area contributed by atoms with Crippen LogP contribution in [0.2, 0.25) is 0 Å². The summed E-state index contributed by atoms with van der Waals surface area (Å²) in [4.78, 5) is 25.2. The SMILES string of the molecule is N#Cc1cc(C(=O)CCc2ccccc2)cc(C(=O)CCc2ccccc2)c1. The topological polar surface area (TPSA) is 57.9 Å². The summed E-state index contributed by atoms with van der Waals surface area (Å²) in [6, 6.07) is 26.4. The number of nitrogens with zero attached hydrogens (tertiary/aromatic N) is 1. The minimum absolute atomic E-state index is 0.0573. The zero-order chi connectivity index (χ0) is 19.8. The van der Waals surface area contributed by atoms with Crippen LogP contribution in [0.1, 0.15) is 50.2 Å². The first kappa shape index (κ1) is 19.3. The second-order valence-corrected chi connectivity index (χ2v) is 6.73. The van der Waals surface area contributed by atoms with E-state index in [0.29, 0.717) is 42.4 Å². The molecule has 0 heterocycles. The van der Waals surface area contributed by atoms with Crippen molar-refractivity contribution in [3.8, 4) is 6.07 Å². The molecule has 0 saturated carbocycles. The predicted molar refractivity (Wildman–Crippen MR) is 109 cm³/mol. The predicted octanol–water partition coefficient (Wildman–Crippen LogP) is 5.19. The van der Waals surface area contributed by atoms with Gasteiger partial charge in [0.15, 0.2) is 11.6 Å². The van der Waals surface area contributed by atoms with Gasteiger partial charge in [0, 0.05) is 24.0 Å². The van der Waals surface area contributed by atoms with E-state index in [1.54, 1.807) is 18.2 Å². The first-order chi connectivity index (χ1) is 13.7. The largest absolute Gasteiger partial charge is 0.294 e. The lowest BCUT2D eigenvalue weighted by molar-refractivity contribution is 0.0982. The Kier molecular flexibility index (Phi) is 6.49. The monoisotopic (exact) mass is 367 g/mol. The Bertz CT molecular complexity index is 928. The van der Waals surface area contributed by atoms with E-state index in [1.807, 2.05) is 60.7 Å². The lowest BCUT2D eigenvalue weighted by Gasteiger charge is -2.07. The first-order valence-electron chi connectivity index (χ1n) is 9.35. The highest BCUT2D eigenvalue weighted by Gasteiger charge is 2.13. The molecule has 3 aromatic carbocycles. The van der Waals surface area contributed by atoms with Crippen LogP contribution in [0, 0.1) is 11.3 Å². The zero-order valence-corrected chi connectivity index (χ0v) is 15.6. The maximum atomic E-state index is 12.6. The van der Waals surface area contributed by atoms with E-state index in [4.69, 9.17) is 0 Å². The van der Waals surface area contributed by atoms with Crippen molar-refractivity contribution in [1.82, 2.24) is 0 Å². The van der Waals surface area contributed by atoms with E-state index >= 15 is 0 Å². The molecule has 0 fully saturated rings. The molecule has 3 aromatic rings. The van der Waals surface area contributed by atoms with Crippen molar-refractivity contribution < 1.29 is 9.59 Å². The van der Waals surface area contributed by atoms with Crippen LogP contribution < -0.4 is 0 Å². The molecule has 0 bridgehead atoms. The first-order valence-corrected chi connectivity index (χ1v) is 9.35. The van der Waals surface area contributed by atoms with Gasteiger partial charge in [-0.1, -0.05) is 60.7 Å². The smallest absolute Gasteiger partial charge is 0.163 e. The third-order valence-corrected chi connectivity index (χ3v) is 4.67. The average Bonchev–Trinajstić information content (AvgIpc) is 2.76. The molecule has 0 aliphatic heterocycles. The van der Waals surface area contributed by atoms with E-state index in [-0.39, 0.29) is 11.6 Å². The fourth-order valence-electron chi connectivity index (χ4n) is 3.11. The highest BCUT2D eigenvalue weighted by Crippen LogP contribution is 2.16. The van der Waals surface area contributed by atoms with E-state index < -0.39 is 0 Å². The fraction of sp³-hybridized carbons (Fsp3) is 0.160. The Hall–Kier alpha value is -3.51. The fourth-order valence-corrected chi connectivity index (χ4v) is 3.11. The third-order valence-electron chi connectivity index (χ3n) is 4.67. The van der Waals surface area contributed by atoms with Gasteiger partial charge in [0.1, 0.15) is 0 Å². The summed E-state index contributed by atoms with van der Waals surface area (Å²) in [6.45, 7) is 0. The average molecular weight is 367 g/mol. The molecular formula is C25H21NO2. The second-order valence-electron chi connectivity index (χ2n) is 6.73. The van der Waals surface area contributed by atoms with Gasteiger partial charge in [-0.25, -0.2) is 0 Å². The van der Waals surface area contributed by atoms with Crippen LogP contribution in [0.5, 0.6) is 0 Å². The van der Waals surface area contributed by atoms with Crippen molar-refractivity contribution in [1.29, 1.82) is 5.26 Å². The summed E-state index contributed by atoms with van der Waals surface area (Å²) in [7, 11) is 0. The summed E-state index contributed by atoms with van der Waals surface area (Å²) in [5.74, 6) is -0.115. The third kappa shape index (κ3) is 5.25. The number of rotatable bonds is 8. The van der Waals surface area contributed by atoms with Crippen LogP contribution >= 0.6 is 0 Å². The molecule has 28 heavy (non-hydrogen) atoms. The van der Waals surface area contributed by atoms with E-state index in [1.165, 1.54) is 0 Å². The Morgan fingerprint density at radius 2 is 1.11 bits per heavy atom. The van der Waals surface area contributed by atoms with Crippen molar-refractivity contribution in [2.24, 2.45) is 0 Å². The van der Waals surface area contributed by atoms with Gasteiger partial charge in [-0.2, -0.15) is 5.26 Å². The van der Waals surface area contributed by atoms with E-state index in [0.717, 1.165) is 11.1 Å². The van der Waals surface area contributed by atoms with Crippen molar-refractivity contribution in [2.75, 3.05) is 0 Å². The van der Waals surface area contributed by atoms with Crippen molar-refractivity contribution in [3.05, 3.63) is 107 Å². The second kappa shape index (κ2) is 9.43. The molecule has 3 nitrogen and oxygen atoms in total. The maximum Gasteiger partial charge on any atom is 0.163 e. The highest BCUT2D eigenvalue weighted by atomic mass is 16.1. The maximum absolute atomic E-state index is 12.6. The molecule has 0 saturated heterocycles. The number of benzene rings is 3. The molecule has 0 amide bonds. The number of ketones is 2. The molecule has 3 rings (SSSR count). The van der Waals surface area contributed by atoms with Crippen LogP contribution in [-0.2, 0) is 12.8 Å². The molecule has 0 N–H and O–H groups in total. The quantitative estimate of drug-likeness (QED) is 0.515. The summed E-state index contributed by atoms with van der Waals surface area (Å²) in [5.41, 5.74) is 3.38. The van der Waals surface area contributed by atoms with Gasteiger partial charge in [-0.15, -0.1) is 0 Å². The molecule has 0 radical (unpaired) electrons. The van der Waals surface area contributed by atoms with Crippen LogP contribution in [-0.4, -0.2) is 11.6 Å². The number of carbonyl (C=O) groups excluding carboxylic acids is 2. The summed E-state index contributed by atoms with van der Waals surface area (Å²) >= 11 is 0. The molecule has 0 aliphatic carbocycles. The van der Waals surface area contributed by atoms with Gasteiger partial charge in [-0.3, -0.25) is 9.59 Å². The lowest BCUT2D eigenvalue weighted by Crippen LogP contribution is -2.07. The number of Topliss-reactive ketones (excluding diaryl/α,β-unsaturated/α-hetero) is 2. The van der Waals surface area contributed by atoms with Gasteiger partial charge < -0.3 is 0 Å². The van der Waals surface area contributed by atoms with Gasteiger partial charge in [0.25, 0.3) is 0 Å². The molecule has 0 aromatic heterocycles. The highest BCUT2D eigenvalue weighted by molar-refractivity contribution is 6.02. The Balaban J connectivity index is 1.71. The number of hydrogen-bond acceptors (Lipinski definition) is 3. The summed E-state index contributed by atoms with van der Waals surface area (Å²) in [6.07, 6.45) is 1.95. The minimum atomic E-state index is -0.0573. The standard InChI is InChI=1S/C25H21NO2/c26-18-21-15-22(24(27)13-11-19-7-3-1-4-8-19)17-23(16-21)25(28)14-12-20-9-5-2-6-10-20/h1-10,15-17H,11-14H2. The van der Waals surface area contributed by atoms with Crippen molar-refractivity contribution in [3.63, 3.8) is 0 Å². The molecule has 3 heteroatoms. The van der Waals surface area contributed by atoms with Crippen molar-refractivity contribution >= 4 is 11.6 Å². The van der Waals surface area contributed by atoms with Crippen LogP contribution in [0.15, 0.2) is 78.9 Å². The summed E-state index contributed by atoms with van der Waals surface area (Å²) in [5, 5.41) is 9.29. The summed E-state index contributed by atoms with van der Waals surface area (Å²) < 4.78 is 0. The van der Waals surface area contributed by atoms with Gasteiger partial charge in [-0.05, 0) is 42.2 Å². The Morgan fingerprint density at radius 3 is 1.50 bits per heavy atom. The molecule has 0 aliphatic rings. The molecule has 0 atom stereocenters. The van der Waals surface area contributed by atoms with Crippen LogP contribution in [0.3, 0.4) is 0 Å². The van der Waals surface area contributed by atoms with Crippen molar-refractivity contribution in [2.45, 2.75) is 25.7 Å². The Morgan fingerprint density at radius 1 is 0.679 bits per heavy atom. The number of carbonyl (C=O) groups is 2. The van der Waals surface area contributed by atoms with E-state index in [2.05, 4.69) is 6.07 Å². The molecule has 0 unspecified atom stereocenters. The number of aryl methyl sites for hydroxylation is 2. The lowest BCUT2D eigenvalue weighted by atomic mass is 9.96. The molecule has 138 valence electrons. The normalized spacial score (nSPS) is 10.2. The van der Waals surface area contributed by atoms with Crippen LogP contribution in [0.4, 0.5) is 0 Å². The molecular weight excluding hydrogens is 346 g/mol. The Labute approximate surface area is 165 Å². The number of hydrogen-bond donors (Lipinski definition) is 0. The van der Waals surface area contributed by atoms with Gasteiger partial charge in [0.05, 0.1) is 11.6 Å². The zero-order valence-electron chi connectivity index (χ0n) is 15.6. The van der Waals surface area contributed by atoms with E-state index in [9.17, 15) is 14.9 Å². The van der Waals surface area contributed by atoms with Gasteiger partial charge in [0.2, 0.25) is 0 Å². The number of nitriles is 1. The minimum Gasteiger partial charge on any atom is -0.294 e. The van der Waals surface area contributed by atoms with Crippen LogP contribution in [0.25, 0.3) is 0 Å². The van der Waals surface area contributed by atoms with Gasteiger partial charge >= 0.3 is 0 Å². The molecule has 0 spiro atoms.